The normalized spacial score (nSPS) is 11.1. The number of carbonyl (C=O) groups is 1. The Kier molecular flexibility index (Phi) is 5.18. The standard InChI is InChI=1S/C14H11BrClNO5S/c1-22-12-5-2-8(15)6-13(12)23(20,21)17-9-3-4-11(16)10(7-9)14(18)19/h2-7,17H,1H3,(H,18,19). The van der Waals surface area contributed by atoms with E-state index in [1.54, 1.807) is 6.07 Å². The molecule has 23 heavy (non-hydrogen) atoms. The average molecular weight is 421 g/mol. The number of hydrogen-bond donors (Lipinski definition) is 2. The Balaban J connectivity index is 2.45. The molecular formula is C14H11BrClNO5S. The Morgan fingerprint density at radius 3 is 2.57 bits per heavy atom. The van der Waals surface area contributed by atoms with Crippen LogP contribution in [0.1, 0.15) is 10.4 Å². The van der Waals surface area contributed by atoms with Gasteiger partial charge in [0.15, 0.2) is 0 Å². The molecule has 122 valence electrons. The number of methoxy groups -OCH3 is 1. The second kappa shape index (κ2) is 6.77. The highest BCUT2D eigenvalue weighted by Gasteiger charge is 2.21. The first kappa shape index (κ1) is 17.6. The molecule has 2 N–H and O–H groups in total. The molecule has 0 heterocycles. The summed E-state index contributed by atoms with van der Waals surface area (Å²) in [5, 5.41) is 9.05. The van der Waals surface area contributed by atoms with E-state index >= 15 is 0 Å². The monoisotopic (exact) mass is 419 g/mol. The lowest BCUT2D eigenvalue weighted by Crippen LogP contribution is -2.14. The van der Waals surface area contributed by atoms with Gasteiger partial charge < -0.3 is 9.84 Å². The second-order valence-corrected chi connectivity index (χ2v) is 7.37. The maximum Gasteiger partial charge on any atom is 0.337 e. The molecule has 0 saturated heterocycles. The first-order valence-electron chi connectivity index (χ1n) is 6.14. The molecule has 2 aromatic carbocycles. The number of rotatable bonds is 5. The Morgan fingerprint density at radius 2 is 1.96 bits per heavy atom. The summed E-state index contributed by atoms with van der Waals surface area (Å²) in [6.45, 7) is 0. The summed E-state index contributed by atoms with van der Waals surface area (Å²) in [5.74, 6) is -1.09. The number of hydrogen-bond acceptors (Lipinski definition) is 4. The van der Waals surface area contributed by atoms with Crippen molar-refractivity contribution < 1.29 is 23.1 Å². The number of halogens is 2. The van der Waals surface area contributed by atoms with E-state index < -0.39 is 16.0 Å². The molecule has 0 atom stereocenters. The van der Waals surface area contributed by atoms with E-state index in [-0.39, 0.29) is 26.9 Å². The first-order chi connectivity index (χ1) is 10.7. The molecule has 0 bridgehead atoms. The lowest BCUT2D eigenvalue weighted by atomic mass is 10.2. The van der Waals surface area contributed by atoms with Crippen LogP contribution in [0.4, 0.5) is 5.69 Å². The molecule has 0 aliphatic carbocycles. The van der Waals surface area contributed by atoms with E-state index in [0.29, 0.717) is 4.47 Å². The summed E-state index contributed by atoms with van der Waals surface area (Å²) in [6, 6.07) is 8.35. The number of anilines is 1. The molecule has 0 amide bonds. The zero-order valence-electron chi connectivity index (χ0n) is 11.7. The Labute approximate surface area is 146 Å². The van der Waals surface area contributed by atoms with Crippen molar-refractivity contribution in [2.24, 2.45) is 0 Å². The van der Waals surface area contributed by atoms with E-state index in [4.69, 9.17) is 21.4 Å². The number of benzene rings is 2. The van der Waals surface area contributed by atoms with Crippen LogP contribution in [-0.4, -0.2) is 26.6 Å². The molecular weight excluding hydrogens is 410 g/mol. The summed E-state index contributed by atoms with van der Waals surface area (Å²) in [5.41, 5.74) is -0.123. The maximum absolute atomic E-state index is 12.5. The van der Waals surface area contributed by atoms with Crippen molar-refractivity contribution in [3.8, 4) is 5.75 Å². The third kappa shape index (κ3) is 3.95. The number of sulfonamides is 1. The van der Waals surface area contributed by atoms with Crippen molar-refractivity contribution in [2.45, 2.75) is 4.90 Å². The molecule has 2 aromatic rings. The minimum absolute atomic E-state index is 0.0143. The van der Waals surface area contributed by atoms with Gasteiger partial charge in [-0.05, 0) is 36.4 Å². The quantitative estimate of drug-likeness (QED) is 0.771. The molecule has 2 rings (SSSR count). The lowest BCUT2D eigenvalue weighted by Gasteiger charge is -2.12. The van der Waals surface area contributed by atoms with Crippen LogP contribution in [-0.2, 0) is 10.0 Å². The van der Waals surface area contributed by atoms with E-state index in [1.807, 2.05) is 0 Å². The fraction of sp³-hybridized carbons (Fsp3) is 0.0714. The highest BCUT2D eigenvalue weighted by atomic mass is 79.9. The van der Waals surface area contributed by atoms with Gasteiger partial charge in [0.2, 0.25) is 0 Å². The van der Waals surface area contributed by atoms with Gasteiger partial charge in [-0.15, -0.1) is 0 Å². The van der Waals surface area contributed by atoms with Crippen LogP contribution in [0.5, 0.6) is 5.75 Å². The molecule has 0 aromatic heterocycles. The molecule has 9 heteroatoms. The second-order valence-electron chi connectivity index (χ2n) is 4.40. The van der Waals surface area contributed by atoms with Gasteiger partial charge in [0.05, 0.1) is 17.7 Å². The van der Waals surface area contributed by atoms with Gasteiger partial charge in [0, 0.05) is 10.2 Å². The third-order valence-corrected chi connectivity index (χ3v) is 5.09. The molecule has 0 saturated carbocycles. The Hall–Kier alpha value is -1.77. The molecule has 0 spiro atoms. The van der Waals surface area contributed by atoms with Crippen LogP contribution < -0.4 is 9.46 Å². The summed E-state index contributed by atoms with van der Waals surface area (Å²) >= 11 is 8.96. The van der Waals surface area contributed by atoms with Crippen molar-refractivity contribution in [1.29, 1.82) is 0 Å². The molecule has 0 radical (unpaired) electrons. The van der Waals surface area contributed by atoms with Gasteiger partial charge in [0.1, 0.15) is 10.6 Å². The van der Waals surface area contributed by atoms with Gasteiger partial charge in [-0.25, -0.2) is 13.2 Å². The van der Waals surface area contributed by atoms with Gasteiger partial charge >= 0.3 is 5.97 Å². The number of carboxylic acid groups (broad SMARTS) is 1. The Bertz CT molecular complexity index is 869. The van der Waals surface area contributed by atoms with Gasteiger partial charge in [-0.2, -0.15) is 0 Å². The maximum atomic E-state index is 12.5. The van der Waals surface area contributed by atoms with E-state index in [2.05, 4.69) is 20.7 Å². The summed E-state index contributed by atoms with van der Waals surface area (Å²) < 4.78 is 32.9. The summed E-state index contributed by atoms with van der Waals surface area (Å²) in [7, 11) is -2.62. The molecule has 0 aliphatic rings. The van der Waals surface area contributed by atoms with Crippen molar-refractivity contribution in [1.82, 2.24) is 0 Å². The van der Waals surface area contributed by atoms with E-state index in [0.717, 1.165) is 6.07 Å². The van der Waals surface area contributed by atoms with Crippen LogP contribution in [0.25, 0.3) is 0 Å². The minimum Gasteiger partial charge on any atom is -0.495 e. The van der Waals surface area contributed by atoms with Gasteiger partial charge in [0.25, 0.3) is 10.0 Å². The zero-order valence-corrected chi connectivity index (χ0v) is 14.9. The third-order valence-electron chi connectivity index (χ3n) is 2.86. The molecule has 0 aliphatic heterocycles. The topological polar surface area (TPSA) is 92.7 Å². The van der Waals surface area contributed by atoms with Gasteiger partial charge in [-0.1, -0.05) is 27.5 Å². The summed E-state index contributed by atoms with van der Waals surface area (Å²) in [4.78, 5) is 11.0. The first-order valence-corrected chi connectivity index (χ1v) is 8.79. The predicted molar refractivity (Wildman–Crippen MR) is 89.9 cm³/mol. The highest BCUT2D eigenvalue weighted by Crippen LogP contribution is 2.29. The SMILES string of the molecule is COc1ccc(Br)cc1S(=O)(=O)Nc1ccc(Cl)c(C(=O)O)c1. The molecule has 0 unspecified atom stereocenters. The van der Waals surface area contributed by atoms with E-state index in [1.165, 1.54) is 31.4 Å². The van der Waals surface area contributed by atoms with Crippen molar-refractivity contribution in [3.63, 3.8) is 0 Å². The number of nitrogens with one attached hydrogen (secondary N) is 1. The smallest absolute Gasteiger partial charge is 0.337 e. The zero-order chi connectivity index (χ0) is 17.2. The molecule has 0 fully saturated rings. The Morgan fingerprint density at radius 1 is 1.26 bits per heavy atom. The van der Waals surface area contributed by atoms with E-state index in [9.17, 15) is 13.2 Å². The molecule has 6 nitrogen and oxygen atoms in total. The van der Waals surface area contributed by atoms with Crippen LogP contribution in [0.15, 0.2) is 45.8 Å². The fourth-order valence-corrected chi connectivity index (χ4v) is 3.78. The van der Waals surface area contributed by atoms with Crippen molar-refractivity contribution in [3.05, 3.63) is 51.5 Å². The van der Waals surface area contributed by atoms with Crippen LogP contribution in [0, 0.1) is 0 Å². The lowest BCUT2D eigenvalue weighted by molar-refractivity contribution is 0.0697. The van der Waals surface area contributed by atoms with Crippen molar-refractivity contribution in [2.75, 3.05) is 11.8 Å². The van der Waals surface area contributed by atoms with Crippen LogP contribution in [0.2, 0.25) is 5.02 Å². The minimum atomic E-state index is -3.97. The fourth-order valence-electron chi connectivity index (χ4n) is 1.82. The van der Waals surface area contributed by atoms with Crippen molar-refractivity contribution >= 4 is 49.2 Å². The number of ether oxygens (including phenoxy) is 1. The average Bonchev–Trinajstić information content (AvgIpc) is 2.48. The predicted octanol–water partition coefficient (Wildman–Crippen LogP) is 3.61. The number of aromatic carboxylic acids is 1. The highest BCUT2D eigenvalue weighted by molar-refractivity contribution is 9.10. The summed E-state index contributed by atoms with van der Waals surface area (Å²) in [6.07, 6.45) is 0. The van der Waals surface area contributed by atoms with Gasteiger partial charge in [-0.3, -0.25) is 4.72 Å². The largest absolute Gasteiger partial charge is 0.495 e. The number of carboxylic acids is 1. The van der Waals surface area contributed by atoms with Crippen LogP contribution in [0.3, 0.4) is 0 Å². The van der Waals surface area contributed by atoms with Crippen LogP contribution >= 0.6 is 27.5 Å².